The zero-order valence-corrected chi connectivity index (χ0v) is 18.2. The number of hydrogen-bond donors (Lipinski definition) is 1. The Hall–Kier alpha value is -3.20. The van der Waals surface area contributed by atoms with Gasteiger partial charge >= 0.3 is 6.18 Å². The number of carbonyl (C=O) groups excluding carboxylic acids is 1. The van der Waals surface area contributed by atoms with Crippen molar-refractivity contribution in [3.63, 3.8) is 0 Å². The molecule has 1 heterocycles. The first-order valence-corrected chi connectivity index (χ1v) is 10.8. The van der Waals surface area contributed by atoms with Gasteiger partial charge in [0, 0.05) is 6.54 Å². The normalized spacial score (nSPS) is 22.8. The van der Waals surface area contributed by atoms with Gasteiger partial charge in [0.05, 0.1) is 13.2 Å². The van der Waals surface area contributed by atoms with Gasteiger partial charge in [0.1, 0.15) is 0 Å². The van der Waals surface area contributed by atoms with Gasteiger partial charge in [-0.3, -0.25) is 9.69 Å². The van der Waals surface area contributed by atoms with Crippen LogP contribution in [-0.2, 0) is 34.0 Å². The van der Waals surface area contributed by atoms with Gasteiger partial charge < -0.3 is 14.6 Å². The Morgan fingerprint density at radius 2 is 1.21 bits per heavy atom. The van der Waals surface area contributed by atoms with E-state index in [4.69, 9.17) is 9.47 Å². The molecule has 0 radical (unpaired) electrons. The number of nitrogens with zero attached hydrogens (tertiary/aromatic N) is 1. The summed E-state index contributed by atoms with van der Waals surface area (Å²) >= 11 is 0. The van der Waals surface area contributed by atoms with Gasteiger partial charge in [-0.25, -0.2) is 0 Å². The van der Waals surface area contributed by atoms with Gasteiger partial charge in [0.25, 0.3) is 11.6 Å². The lowest BCUT2D eigenvalue weighted by Gasteiger charge is -2.38. The number of benzene rings is 3. The molecular weight excluding hydrogens is 447 g/mol. The lowest BCUT2D eigenvalue weighted by atomic mass is 10.0. The van der Waals surface area contributed by atoms with Crippen LogP contribution in [0, 0.1) is 0 Å². The zero-order valence-electron chi connectivity index (χ0n) is 18.2. The molecule has 0 bridgehead atoms. The number of aliphatic hydroxyl groups is 1. The molecule has 34 heavy (non-hydrogen) atoms. The number of halogens is 3. The van der Waals surface area contributed by atoms with Crippen LogP contribution in [0.5, 0.6) is 0 Å². The summed E-state index contributed by atoms with van der Waals surface area (Å²) in [5, 5.41) is 11.1. The van der Waals surface area contributed by atoms with E-state index in [9.17, 15) is 23.1 Å². The fraction of sp³-hybridized carbons (Fsp3) is 0.269. The van der Waals surface area contributed by atoms with Crippen LogP contribution in [0.1, 0.15) is 16.7 Å². The SMILES string of the molecule is O=C1[C@H](OCc2ccccc2)[C@@H](OCc2ccccc2)[C@@](O)(C(F)(F)F)N1Cc1ccccc1. The second-order valence-electron chi connectivity index (χ2n) is 8.07. The fourth-order valence-electron chi connectivity index (χ4n) is 3.98. The summed E-state index contributed by atoms with van der Waals surface area (Å²) in [5.74, 6) is -0.988. The van der Waals surface area contributed by atoms with E-state index in [1.54, 1.807) is 91.0 Å². The zero-order chi connectivity index (χ0) is 24.2. The Labute approximate surface area is 195 Å². The van der Waals surface area contributed by atoms with E-state index >= 15 is 0 Å². The summed E-state index contributed by atoms with van der Waals surface area (Å²) in [6.45, 7) is -0.802. The monoisotopic (exact) mass is 471 g/mol. The van der Waals surface area contributed by atoms with Crippen LogP contribution in [0.25, 0.3) is 0 Å². The molecule has 0 saturated carbocycles. The van der Waals surface area contributed by atoms with Crippen LogP contribution in [0.3, 0.4) is 0 Å². The fourth-order valence-corrected chi connectivity index (χ4v) is 3.98. The summed E-state index contributed by atoms with van der Waals surface area (Å²) < 4.78 is 54.5. The summed E-state index contributed by atoms with van der Waals surface area (Å²) in [4.78, 5) is 13.7. The first kappa shape index (κ1) is 23.9. The van der Waals surface area contributed by atoms with Gasteiger partial charge in [-0.15, -0.1) is 0 Å². The average molecular weight is 471 g/mol. The average Bonchev–Trinajstić information content (AvgIpc) is 3.05. The van der Waals surface area contributed by atoms with Crippen LogP contribution in [0.2, 0.25) is 0 Å². The standard InChI is InChI=1S/C26H24F3NO4/c27-26(28,29)25(32)23(34-18-21-14-8-3-9-15-21)22(33-17-20-12-6-2-7-13-20)24(31)30(25)16-19-10-4-1-5-11-19/h1-15,22-23,32H,16-18H2/t22-,23-,25-/m1/s1. The van der Waals surface area contributed by atoms with E-state index in [-0.39, 0.29) is 13.2 Å². The molecule has 5 nitrogen and oxygen atoms in total. The molecule has 0 unspecified atom stereocenters. The van der Waals surface area contributed by atoms with Crippen molar-refractivity contribution in [3.8, 4) is 0 Å². The molecule has 3 atom stereocenters. The molecule has 0 aliphatic carbocycles. The third-order valence-corrected chi connectivity index (χ3v) is 5.74. The third kappa shape index (κ3) is 4.84. The predicted octanol–water partition coefficient (Wildman–Crippen LogP) is 4.45. The first-order valence-electron chi connectivity index (χ1n) is 10.8. The van der Waals surface area contributed by atoms with Crippen LogP contribution in [-0.4, -0.2) is 40.0 Å². The van der Waals surface area contributed by atoms with Crippen molar-refractivity contribution < 1.29 is 32.5 Å². The van der Waals surface area contributed by atoms with Crippen molar-refractivity contribution in [1.82, 2.24) is 4.90 Å². The van der Waals surface area contributed by atoms with Crippen LogP contribution in [0.15, 0.2) is 91.0 Å². The van der Waals surface area contributed by atoms with E-state index in [2.05, 4.69) is 0 Å². The molecular formula is C26H24F3NO4. The van der Waals surface area contributed by atoms with Crippen molar-refractivity contribution in [2.45, 2.75) is 43.9 Å². The molecule has 0 spiro atoms. The summed E-state index contributed by atoms with van der Waals surface area (Å²) in [7, 11) is 0. The highest BCUT2D eigenvalue weighted by Crippen LogP contribution is 2.45. The molecule has 1 fully saturated rings. The van der Waals surface area contributed by atoms with Gasteiger partial charge in [-0.1, -0.05) is 91.0 Å². The highest BCUT2D eigenvalue weighted by atomic mass is 19.4. The largest absolute Gasteiger partial charge is 0.439 e. The maximum Gasteiger partial charge on any atom is 0.439 e. The number of carbonyl (C=O) groups is 1. The van der Waals surface area contributed by atoms with E-state index in [0.29, 0.717) is 21.6 Å². The van der Waals surface area contributed by atoms with Gasteiger partial charge in [-0.2, -0.15) is 13.2 Å². The van der Waals surface area contributed by atoms with Crippen LogP contribution >= 0.6 is 0 Å². The Balaban J connectivity index is 1.67. The maximum absolute atomic E-state index is 14.4. The third-order valence-electron chi connectivity index (χ3n) is 5.74. The quantitative estimate of drug-likeness (QED) is 0.528. The molecule has 3 aromatic rings. The molecule has 1 N–H and O–H groups in total. The van der Waals surface area contributed by atoms with Crippen molar-refractivity contribution in [2.75, 3.05) is 0 Å². The van der Waals surface area contributed by atoms with Crippen LogP contribution in [0.4, 0.5) is 13.2 Å². The maximum atomic E-state index is 14.4. The number of likely N-dealkylation sites (tertiary alicyclic amines) is 1. The highest BCUT2D eigenvalue weighted by Gasteiger charge is 2.72. The number of ether oxygens (including phenoxy) is 2. The molecule has 8 heteroatoms. The minimum atomic E-state index is -5.19. The molecule has 1 amide bonds. The molecule has 1 aliphatic rings. The van der Waals surface area contributed by atoms with Gasteiger partial charge in [0.2, 0.25) is 0 Å². The summed E-state index contributed by atoms with van der Waals surface area (Å²) in [5.41, 5.74) is -1.86. The Morgan fingerprint density at radius 3 is 1.68 bits per heavy atom. The van der Waals surface area contributed by atoms with Crippen molar-refractivity contribution in [1.29, 1.82) is 0 Å². The Morgan fingerprint density at radius 1 is 0.765 bits per heavy atom. The topological polar surface area (TPSA) is 59.0 Å². The molecule has 1 aliphatic heterocycles. The number of amides is 1. The number of rotatable bonds is 8. The second kappa shape index (κ2) is 9.97. The highest BCUT2D eigenvalue weighted by molar-refractivity contribution is 5.85. The smallest absolute Gasteiger partial charge is 0.365 e. The van der Waals surface area contributed by atoms with E-state index in [0.717, 1.165) is 0 Å². The Kier molecular flexibility index (Phi) is 7.02. The number of hydrogen-bond acceptors (Lipinski definition) is 4. The number of alkyl halides is 3. The van der Waals surface area contributed by atoms with Crippen molar-refractivity contribution in [2.24, 2.45) is 0 Å². The molecule has 4 rings (SSSR count). The van der Waals surface area contributed by atoms with Gasteiger partial charge in [0.15, 0.2) is 12.2 Å². The Bertz CT molecular complexity index is 1080. The van der Waals surface area contributed by atoms with Crippen molar-refractivity contribution >= 4 is 5.91 Å². The summed E-state index contributed by atoms with van der Waals surface area (Å²) in [6, 6.07) is 25.5. The van der Waals surface area contributed by atoms with Gasteiger partial charge in [-0.05, 0) is 16.7 Å². The van der Waals surface area contributed by atoms with E-state index in [1.165, 1.54) is 0 Å². The van der Waals surface area contributed by atoms with E-state index < -0.39 is 36.6 Å². The minimum Gasteiger partial charge on any atom is -0.365 e. The second-order valence-corrected chi connectivity index (χ2v) is 8.07. The van der Waals surface area contributed by atoms with E-state index in [1.807, 2.05) is 0 Å². The predicted molar refractivity (Wildman–Crippen MR) is 118 cm³/mol. The molecule has 178 valence electrons. The lowest BCUT2D eigenvalue weighted by Crippen LogP contribution is -2.62. The van der Waals surface area contributed by atoms with Crippen molar-refractivity contribution in [3.05, 3.63) is 108 Å². The molecule has 0 aromatic heterocycles. The van der Waals surface area contributed by atoms with Crippen LogP contribution < -0.4 is 0 Å². The lowest BCUT2D eigenvalue weighted by molar-refractivity contribution is -0.337. The first-order chi connectivity index (χ1) is 16.3. The summed E-state index contributed by atoms with van der Waals surface area (Å²) in [6.07, 6.45) is -8.84. The molecule has 3 aromatic carbocycles. The minimum absolute atomic E-state index is 0.116. The molecule has 1 saturated heterocycles.